The molecule has 8 heteroatoms. The topological polar surface area (TPSA) is 57.5 Å². The number of halogens is 1. The summed E-state index contributed by atoms with van der Waals surface area (Å²) < 4.78 is 1.86. The second-order valence-electron chi connectivity index (χ2n) is 7.76. The molecule has 6 nitrogen and oxygen atoms in total. The highest BCUT2D eigenvalue weighted by Gasteiger charge is 2.25. The molecule has 1 fully saturated rings. The van der Waals surface area contributed by atoms with E-state index in [-0.39, 0.29) is 24.0 Å². The lowest BCUT2D eigenvalue weighted by molar-refractivity contribution is 0.140. The van der Waals surface area contributed by atoms with Gasteiger partial charge in [0.25, 0.3) is 0 Å². The Morgan fingerprint density at radius 2 is 2.14 bits per heavy atom. The second kappa shape index (κ2) is 12.5. The molecule has 0 saturated carbocycles. The fourth-order valence-electron chi connectivity index (χ4n) is 3.74. The lowest BCUT2D eigenvalue weighted by Gasteiger charge is -2.36. The molecule has 0 aliphatic carbocycles. The summed E-state index contributed by atoms with van der Waals surface area (Å²) in [7, 11) is 3.81. The van der Waals surface area contributed by atoms with Crippen molar-refractivity contribution in [3.05, 3.63) is 40.3 Å². The van der Waals surface area contributed by atoms with Crippen LogP contribution in [0.4, 0.5) is 0 Å². The van der Waals surface area contributed by atoms with Crippen molar-refractivity contribution in [1.29, 1.82) is 0 Å². The lowest BCUT2D eigenvalue weighted by atomic mass is 9.97. The summed E-state index contributed by atoms with van der Waals surface area (Å²) in [6.07, 6.45) is 8.70. The van der Waals surface area contributed by atoms with Crippen molar-refractivity contribution in [3.63, 3.8) is 0 Å². The van der Waals surface area contributed by atoms with Gasteiger partial charge in [0.1, 0.15) is 0 Å². The summed E-state index contributed by atoms with van der Waals surface area (Å²) in [6, 6.07) is 4.84. The Balaban J connectivity index is 0.00000300. The van der Waals surface area contributed by atoms with Crippen molar-refractivity contribution in [2.24, 2.45) is 18.0 Å². The largest absolute Gasteiger partial charge is 0.356 e. The first-order chi connectivity index (χ1) is 13.7. The Morgan fingerprint density at radius 3 is 2.76 bits per heavy atom. The molecule has 0 amide bonds. The van der Waals surface area contributed by atoms with Gasteiger partial charge in [-0.3, -0.25) is 14.6 Å². The molecule has 0 bridgehead atoms. The van der Waals surface area contributed by atoms with Crippen LogP contribution >= 0.6 is 35.3 Å². The predicted molar refractivity (Wildman–Crippen MR) is 133 cm³/mol. The van der Waals surface area contributed by atoms with Crippen LogP contribution in [0.3, 0.4) is 0 Å². The highest BCUT2D eigenvalue weighted by molar-refractivity contribution is 14.0. The number of thiophene rings is 1. The van der Waals surface area contributed by atoms with Crippen molar-refractivity contribution in [1.82, 2.24) is 25.3 Å². The molecule has 1 unspecified atom stereocenters. The maximum Gasteiger partial charge on any atom is 0.191 e. The summed E-state index contributed by atoms with van der Waals surface area (Å²) in [5.41, 5.74) is 1.28. The van der Waals surface area contributed by atoms with E-state index in [4.69, 9.17) is 0 Å². The van der Waals surface area contributed by atoms with Crippen LogP contribution in [0, 0.1) is 5.92 Å². The van der Waals surface area contributed by atoms with Gasteiger partial charge >= 0.3 is 0 Å². The van der Waals surface area contributed by atoms with Gasteiger partial charge in [-0.2, -0.15) is 5.10 Å². The third-order valence-electron chi connectivity index (χ3n) is 5.51. The molecule has 2 aromatic heterocycles. The maximum absolute atomic E-state index is 4.41. The molecule has 2 aromatic rings. The van der Waals surface area contributed by atoms with Crippen molar-refractivity contribution in [2.45, 2.75) is 38.6 Å². The summed E-state index contributed by atoms with van der Waals surface area (Å²) >= 11 is 1.86. The molecule has 0 spiro atoms. The number of aryl methyl sites for hydroxylation is 2. The molecule has 0 radical (unpaired) electrons. The van der Waals surface area contributed by atoms with Crippen LogP contribution in [-0.4, -0.2) is 53.9 Å². The van der Waals surface area contributed by atoms with Crippen molar-refractivity contribution in [3.8, 4) is 0 Å². The Hall–Kier alpha value is -1.13. The zero-order valence-corrected chi connectivity index (χ0v) is 21.0. The number of nitrogens with one attached hydrogen (secondary N) is 2. The van der Waals surface area contributed by atoms with Crippen LogP contribution < -0.4 is 10.6 Å². The molecule has 1 aliphatic rings. The van der Waals surface area contributed by atoms with Gasteiger partial charge < -0.3 is 10.6 Å². The fraction of sp³-hybridized carbons (Fsp3) is 0.619. The van der Waals surface area contributed by atoms with Crippen molar-refractivity contribution < 1.29 is 0 Å². The van der Waals surface area contributed by atoms with Crippen molar-refractivity contribution in [2.75, 3.05) is 33.2 Å². The smallest absolute Gasteiger partial charge is 0.191 e. The van der Waals surface area contributed by atoms with Crippen LogP contribution in [0.2, 0.25) is 0 Å². The van der Waals surface area contributed by atoms with Crippen LogP contribution in [0.1, 0.15) is 42.7 Å². The van der Waals surface area contributed by atoms with Crippen LogP contribution in [0.15, 0.2) is 34.9 Å². The first-order valence-electron chi connectivity index (χ1n) is 10.3. The second-order valence-corrected chi connectivity index (χ2v) is 8.73. The molecule has 2 N–H and O–H groups in total. The highest BCUT2D eigenvalue weighted by atomic mass is 127. The van der Waals surface area contributed by atoms with E-state index in [9.17, 15) is 0 Å². The summed E-state index contributed by atoms with van der Waals surface area (Å²) in [6.45, 7) is 6.52. The number of aliphatic imine (C=N–C) groups is 1. The average molecular weight is 531 g/mol. The molecule has 3 rings (SSSR count). The number of nitrogens with zero attached hydrogens (tertiary/aromatic N) is 4. The van der Waals surface area contributed by atoms with E-state index < -0.39 is 0 Å². The van der Waals surface area contributed by atoms with Gasteiger partial charge in [0.2, 0.25) is 0 Å². The average Bonchev–Trinajstić information content (AvgIpc) is 3.37. The Bertz CT molecular complexity index is 721. The zero-order chi connectivity index (χ0) is 19.8. The summed E-state index contributed by atoms with van der Waals surface area (Å²) in [4.78, 5) is 8.48. The maximum atomic E-state index is 4.41. The van der Waals surface area contributed by atoms with Crippen LogP contribution in [-0.2, 0) is 13.5 Å². The fourth-order valence-corrected chi connectivity index (χ4v) is 4.61. The van der Waals surface area contributed by atoms with Gasteiger partial charge in [-0.1, -0.05) is 13.0 Å². The first-order valence-corrected chi connectivity index (χ1v) is 11.2. The van der Waals surface area contributed by atoms with Gasteiger partial charge in [-0.15, -0.1) is 35.3 Å². The number of guanidine groups is 1. The molecule has 1 atom stereocenters. The van der Waals surface area contributed by atoms with E-state index in [0.29, 0.717) is 6.04 Å². The Kier molecular flexibility index (Phi) is 10.4. The number of hydrogen-bond acceptors (Lipinski definition) is 4. The molecule has 3 heterocycles. The lowest BCUT2D eigenvalue weighted by Crippen LogP contribution is -2.45. The molecular formula is C21H35IN6S. The summed E-state index contributed by atoms with van der Waals surface area (Å²) in [5.74, 6) is 1.74. The Morgan fingerprint density at radius 1 is 1.34 bits per heavy atom. The highest BCUT2D eigenvalue weighted by Crippen LogP contribution is 2.29. The first kappa shape index (κ1) is 24.1. The minimum absolute atomic E-state index is 0. The standard InChI is InChI=1S/C21H34N6S.HI/c1-17-8-11-27(12-9-17)19(20-7-5-13-28-20)15-24-21(22-2)23-10-4-6-18-14-25-26(3)16-18;/h5,7,13-14,16-17,19H,4,6,8-12,15H2,1-3H3,(H2,22,23,24);1H. The van der Waals surface area contributed by atoms with E-state index in [1.165, 1.54) is 36.4 Å². The van der Waals surface area contributed by atoms with Gasteiger partial charge in [-0.25, -0.2) is 0 Å². The molecule has 162 valence electrons. The van der Waals surface area contributed by atoms with Crippen LogP contribution in [0.25, 0.3) is 0 Å². The predicted octanol–water partition coefficient (Wildman–Crippen LogP) is 3.67. The number of piperidine rings is 1. The minimum atomic E-state index is 0. The minimum Gasteiger partial charge on any atom is -0.356 e. The third-order valence-corrected chi connectivity index (χ3v) is 6.48. The van der Waals surface area contributed by atoms with E-state index in [1.54, 1.807) is 0 Å². The van der Waals surface area contributed by atoms with E-state index >= 15 is 0 Å². The van der Waals surface area contributed by atoms with Crippen LogP contribution in [0.5, 0.6) is 0 Å². The number of likely N-dealkylation sites (tertiary alicyclic amines) is 1. The van der Waals surface area contributed by atoms with E-state index in [1.807, 2.05) is 36.3 Å². The monoisotopic (exact) mass is 530 g/mol. The summed E-state index contributed by atoms with van der Waals surface area (Å²) in [5, 5.41) is 13.4. The molecule has 1 aliphatic heterocycles. The molecule has 29 heavy (non-hydrogen) atoms. The zero-order valence-electron chi connectivity index (χ0n) is 17.8. The number of aromatic nitrogens is 2. The molecular weight excluding hydrogens is 495 g/mol. The number of rotatable bonds is 8. The van der Waals surface area contributed by atoms with E-state index in [0.717, 1.165) is 37.8 Å². The van der Waals surface area contributed by atoms with Gasteiger partial charge in [0.05, 0.1) is 12.2 Å². The van der Waals surface area contributed by atoms with Gasteiger partial charge in [0.15, 0.2) is 5.96 Å². The van der Waals surface area contributed by atoms with Gasteiger partial charge in [0, 0.05) is 38.3 Å². The van der Waals surface area contributed by atoms with E-state index in [2.05, 4.69) is 56.3 Å². The quantitative estimate of drug-likeness (QED) is 0.237. The molecule has 1 saturated heterocycles. The van der Waals surface area contributed by atoms with Gasteiger partial charge in [-0.05, 0) is 61.7 Å². The Labute approximate surface area is 196 Å². The number of hydrogen-bond donors (Lipinski definition) is 2. The van der Waals surface area contributed by atoms with Crippen molar-refractivity contribution >= 4 is 41.3 Å². The molecule has 0 aromatic carbocycles. The SMILES string of the molecule is CN=C(NCCCc1cnn(C)c1)NCC(c1cccs1)N1CCC(C)CC1.I. The third kappa shape index (κ3) is 7.57. The normalized spacial score (nSPS) is 17.0.